The van der Waals surface area contributed by atoms with Gasteiger partial charge in [-0.15, -0.1) is 0 Å². The highest BCUT2D eigenvalue weighted by atomic mass is 35.5. The second-order valence-corrected chi connectivity index (χ2v) is 8.18. The molecule has 1 atom stereocenters. The Morgan fingerprint density at radius 1 is 0.964 bits per heavy atom. The number of aromatic nitrogens is 1. The zero-order valence-corrected chi connectivity index (χ0v) is 16.3. The van der Waals surface area contributed by atoms with E-state index in [0.717, 1.165) is 0 Å². The SMILES string of the molecule is O=C(C[C@H](NS(=O)(=O)c1ccccc1)c1ccc(Cl)cc1)Nc1ccncc1. The van der Waals surface area contributed by atoms with Crippen LogP contribution in [-0.4, -0.2) is 19.3 Å². The number of benzene rings is 2. The van der Waals surface area contributed by atoms with Crippen LogP contribution in [-0.2, 0) is 14.8 Å². The van der Waals surface area contributed by atoms with E-state index in [1.54, 1.807) is 67.0 Å². The first-order valence-electron chi connectivity index (χ1n) is 8.47. The molecule has 0 fully saturated rings. The van der Waals surface area contributed by atoms with Gasteiger partial charge in [-0.1, -0.05) is 41.9 Å². The first-order chi connectivity index (χ1) is 13.4. The average Bonchev–Trinajstić information content (AvgIpc) is 2.69. The van der Waals surface area contributed by atoms with Crippen LogP contribution in [0.5, 0.6) is 0 Å². The summed E-state index contributed by atoms with van der Waals surface area (Å²) in [5.74, 6) is -0.332. The smallest absolute Gasteiger partial charge is 0.241 e. The maximum absolute atomic E-state index is 12.7. The van der Waals surface area contributed by atoms with E-state index in [1.807, 2.05) is 0 Å². The third kappa shape index (κ3) is 5.39. The minimum Gasteiger partial charge on any atom is -0.326 e. The van der Waals surface area contributed by atoms with E-state index in [2.05, 4.69) is 15.0 Å². The predicted octanol–water partition coefficient (Wildman–Crippen LogP) is 3.78. The van der Waals surface area contributed by atoms with E-state index in [9.17, 15) is 13.2 Å². The van der Waals surface area contributed by atoms with Crippen molar-refractivity contribution in [3.8, 4) is 0 Å². The molecule has 0 radical (unpaired) electrons. The Labute approximate surface area is 168 Å². The van der Waals surface area contributed by atoms with Crippen molar-refractivity contribution in [1.29, 1.82) is 0 Å². The molecule has 0 unspecified atom stereocenters. The van der Waals surface area contributed by atoms with Crippen molar-refractivity contribution in [2.75, 3.05) is 5.32 Å². The normalized spacial score (nSPS) is 12.3. The van der Waals surface area contributed by atoms with Gasteiger partial charge in [0, 0.05) is 29.5 Å². The van der Waals surface area contributed by atoms with Gasteiger partial charge in [0.1, 0.15) is 0 Å². The molecule has 6 nitrogen and oxygen atoms in total. The van der Waals surface area contributed by atoms with Gasteiger partial charge in [-0.05, 0) is 42.0 Å². The number of halogens is 1. The lowest BCUT2D eigenvalue weighted by Gasteiger charge is -2.19. The van der Waals surface area contributed by atoms with Crippen molar-refractivity contribution in [2.45, 2.75) is 17.4 Å². The van der Waals surface area contributed by atoms with Gasteiger partial charge in [0.05, 0.1) is 10.9 Å². The van der Waals surface area contributed by atoms with Gasteiger partial charge in [-0.2, -0.15) is 0 Å². The summed E-state index contributed by atoms with van der Waals surface area (Å²) in [6.07, 6.45) is 3.03. The lowest BCUT2D eigenvalue weighted by Crippen LogP contribution is -2.31. The van der Waals surface area contributed by atoms with E-state index in [0.29, 0.717) is 16.3 Å². The molecule has 0 bridgehead atoms. The molecule has 3 aromatic rings. The zero-order valence-electron chi connectivity index (χ0n) is 14.7. The van der Waals surface area contributed by atoms with Gasteiger partial charge in [-0.3, -0.25) is 9.78 Å². The molecule has 1 amide bonds. The second-order valence-electron chi connectivity index (χ2n) is 6.03. The number of pyridine rings is 1. The monoisotopic (exact) mass is 415 g/mol. The molecular formula is C20H18ClN3O3S. The molecule has 1 heterocycles. The molecule has 28 heavy (non-hydrogen) atoms. The van der Waals surface area contributed by atoms with Gasteiger partial charge in [0.25, 0.3) is 0 Å². The number of hydrogen-bond acceptors (Lipinski definition) is 4. The topological polar surface area (TPSA) is 88.2 Å². The minimum absolute atomic E-state index is 0.0873. The largest absolute Gasteiger partial charge is 0.326 e. The number of anilines is 1. The molecule has 0 aliphatic carbocycles. The van der Waals surface area contributed by atoms with Gasteiger partial charge in [0.2, 0.25) is 15.9 Å². The van der Waals surface area contributed by atoms with Crippen LogP contribution in [0.15, 0.2) is 84.0 Å². The van der Waals surface area contributed by atoms with Gasteiger partial charge in [-0.25, -0.2) is 13.1 Å². The number of nitrogens with one attached hydrogen (secondary N) is 2. The Hall–Kier alpha value is -2.74. The Kier molecular flexibility index (Phi) is 6.41. The highest BCUT2D eigenvalue weighted by Gasteiger charge is 2.23. The Bertz CT molecular complexity index is 1030. The summed E-state index contributed by atoms with van der Waals surface area (Å²) in [4.78, 5) is 16.5. The lowest BCUT2D eigenvalue weighted by molar-refractivity contribution is -0.116. The molecule has 8 heteroatoms. The van der Waals surface area contributed by atoms with Crippen LogP contribution in [0.3, 0.4) is 0 Å². The molecule has 2 N–H and O–H groups in total. The quantitative estimate of drug-likeness (QED) is 0.614. The summed E-state index contributed by atoms with van der Waals surface area (Å²) >= 11 is 5.93. The summed E-state index contributed by atoms with van der Waals surface area (Å²) in [7, 11) is -3.81. The van der Waals surface area contributed by atoms with Crippen molar-refractivity contribution >= 4 is 33.2 Å². The fourth-order valence-electron chi connectivity index (χ4n) is 2.61. The number of amides is 1. The van der Waals surface area contributed by atoms with Crippen LogP contribution >= 0.6 is 11.6 Å². The van der Waals surface area contributed by atoms with E-state index >= 15 is 0 Å². The number of carbonyl (C=O) groups is 1. The van der Waals surface area contributed by atoms with Crippen LogP contribution in [0.4, 0.5) is 5.69 Å². The van der Waals surface area contributed by atoms with Crippen LogP contribution in [0, 0.1) is 0 Å². The molecule has 2 aromatic carbocycles. The molecular weight excluding hydrogens is 398 g/mol. The van der Waals surface area contributed by atoms with Crippen LogP contribution in [0.25, 0.3) is 0 Å². The van der Waals surface area contributed by atoms with Gasteiger partial charge in [0.15, 0.2) is 0 Å². The first kappa shape index (κ1) is 20.0. The standard InChI is InChI=1S/C20H18ClN3O3S/c21-16-8-6-15(7-9-16)19(14-20(25)23-17-10-12-22-13-11-17)24-28(26,27)18-4-2-1-3-5-18/h1-13,19,24H,14H2,(H,22,23,25)/t19-/m0/s1. The van der Waals surface area contributed by atoms with Crippen LogP contribution in [0.2, 0.25) is 5.02 Å². The van der Waals surface area contributed by atoms with Crippen LogP contribution < -0.4 is 10.0 Å². The summed E-state index contributed by atoms with van der Waals surface area (Å²) in [6, 6.07) is 17.3. The third-order valence-corrected chi connectivity index (χ3v) is 5.72. The molecule has 0 saturated carbocycles. The number of rotatable bonds is 7. The number of hydrogen-bond donors (Lipinski definition) is 2. The highest BCUT2D eigenvalue weighted by molar-refractivity contribution is 7.89. The molecule has 0 aliphatic heterocycles. The highest BCUT2D eigenvalue weighted by Crippen LogP contribution is 2.23. The second kappa shape index (κ2) is 8.97. The molecule has 3 rings (SSSR count). The Morgan fingerprint density at radius 3 is 2.25 bits per heavy atom. The molecule has 1 aromatic heterocycles. The van der Waals surface area contributed by atoms with Crippen molar-refractivity contribution < 1.29 is 13.2 Å². The fourth-order valence-corrected chi connectivity index (χ4v) is 3.98. The van der Waals surface area contributed by atoms with E-state index in [1.165, 1.54) is 12.1 Å². The fraction of sp³-hybridized carbons (Fsp3) is 0.100. The summed E-state index contributed by atoms with van der Waals surface area (Å²) < 4.78 is 28.1. The van der Waals surface area contributed by atoms with Crippen molar-refractivity contribution in [3.05, 3.63) is 89.7 Å². The third-order valence-electron chi connectivity index (χ3n) is 3.98. The van der Waals surface area contributed by atoms with Crippen molar-refractivity contribution in [3.63, 3.8) is 0 Å². The van der Waals surface area contributed by atoms with E-state index in [4.69, 9.17) is 11.6 Å². The Morgan fingerprint density at radius 2 is 1.61 bits per heavy atom. The van der Waals surface area contributed by atoms with E-state index < -0.39 is 16.1 Å². The molecule has 0 spiro atoms. The van der Waals surface area contributed by atoms with Gasteiger partial charge >= 0.3 is 0 Å². The number of nitrogens with zero attached hydrogens (tertiary/aromatic N) is 1. The number of sulfonamides is 1. The van der Waals surface area contributed by atoms with E-state index in [-0.39, 0.29) is 17.2 Å². The summed E-state index contributed by atoms with van der Waals surface area (Å²) in [6.45, 7) is 0. The summed E-state index contributed by atoms with van der Waals surface area (Å²) in [5.41, 5.74) is 1.22. The maximum Gasteiger partial charge on any atom is 0.241 e. The maximum atomic E-state index is 12.7. The summed E-state index contributed by atoms with van der Waals surface area (Å²) in [5, 5.41) is 3.26. The average molecular weight is 416 g/mol. The predicted molar refractivity (Wildman–Crippen MR) is 108 cm³/mol. The lowest BCUT2D eigenvalue weighted by atomic mass is 10.0. The van der Waals surface area contributed by atoms with Crippen LogP contribution in [0.1, 0.15) is 18.0 Å². The van der Waals surface area contributed by atoms with Crippen molar-refractivity contribution in [2.24, 2.45) is 0 Å². The van der Waals surface area contributed by atoms with Crippen molar-refractivity contribution in [1.82, 2.24) is 9.71 Å². The van der Waals surface area contributed by atoms with Gasteiger partial charge < -0.3 is 5.32 Å². The molecule has 144 valence electrons. The first-order valence-corrected chi connectivity index (χ1v) is 10.3. The molecule has 0 saturated heterocycles. The Balaban J connectivity index is 1.83. The zero-order chi connectivity index (χ0) is 20.0. The minimum atomic E-state index is -3.81. The molecule has 0 aliphatic rings. The number of carbonyl (C=O) groups excluding carboxylic acids is 1.